The largest absolute Gasteiger partial charge is 0.507 e. The zero-order valence-corrected chi connectivity index (χ0v) is 34.8. The number of aliphatic hydroxyl groups excluding tert-OH is 5. The Morgan fingerprint density at radius 3 is 2.33 bits per heavy atom. The van der Waals surface area contributed by atoms with E-state index < -0.39 is 109 Å². The standard InChI is InChI=1S/C48H47NO15/c1-23-45(58)48(60,61)46(59)47(62-23)64-44-33-11-5-10-30(49)13-14-31(54)17-26-7-3-6-25(16-26)12-15-32-36(63-24(2)53)19-29(21-51)37-38(32)43(57)39(33)40(42(37)56)41(55)34(44)18-27-8-4-9-28(20-50)35(27)22-52/h3-4,6-9,12,15-16,19,22-23,30-31,45-47,50-51,54-55,58-61H,11,13-14,17-18,20-21,49H2,1-2H3. The maximum Gasteiger partial charge on any atom is 0.308 e. The van der Waals surface area contributed by atoms with Gasteiger partial charge in [-0.1, -0.05) is 60.4 Å². The van der Waals surface area contributed by atoms with Crippen molar-refractivity contribution in [2.24, 2.45) is 5.73 Å². The minimum atomic E-state index is -3.21. The van der Waals surface area contributed by atoms with E-state index in [0.29, 0.717) is 11.8 Å². The second kappa shape index (κ2) is 18.6. The topological polar surface area (TPSA) is 284 Å². The molecule has 0 radical (unpaired) electrons. The van der Waals surface area contributed by atoms with Gasteiger partial charge in [0, 0.05) is 58.7 Å². The van der Waals surface area contributed by atoms with Crippen LogP contribution in [0.5, 0.6) is 17.2 Å². The fourth-order valence-electron chi connectivity index (χ4n) is 8.45. The van der Waals surface area contributed by atoms with Gasteiger partial charge in [0.05, 0.1) is 37.0 Å². The Bertz CT molecular complexity index is 2640. The fourth-order valence-corrected chi connectivity index (χ4v) is 8.45. The fraction of sp³-hybridized carbons (Fsp3) is 0.333. The number of aliphatic hydroxyl groups is 7. The quantitative estimate of drug-likeness (QED) is 0.0353. The highest BCUT2D eigenvalue weighted by Crippen LogP contribution is 2.48. The van der Waals surface area contributed by atoms with Gasteiger partial charge in [-0.25, -0.2) is 0 Å². The number of benzene rings is 4. The molecule has 1 heterocycles. The molecule has 4 aromatic rings. The number of hydrogen-bond donors (Lipinski definition) is 9. The Balaban J connectivity index is 1.58. The third-order valence-corrected chi connectivity index (χ3v) is 11.7. The number of ether oxygens (including phenoxy) is 3. The van der Waals surface area contributed by atoms with Crippen molar-refractivity contribution in [1.82, 2.24) is 0 Å². The zero-order valence-electron chi connectivity index (χ0n) is 34.8. The van der Waals surface area contributed by atoms with Crippen LogP contribution in [-0.4, -0.2) is 107 Å². The van der Waals surface area contributed by atoms with Crippen molar-refractivity contribution in [2.45, 2.75) is 102 Å². The van der Waals surface area contributed by atoms with Crippen molar-refractivity contribution in [2.75, 3.05) is 0 Å². The van der Waals surface area contributed by atoms with Gasteiger partial charge in [0.25, 0.3) is 0 Å². The lowest BCUT2D eigenvalue weighted by atomic mass is 9.75. The second-order valence-electron chi connectivity index (χ2n) is 16.1. The summed E-state index contributed by atoms with van der Waals surface area (Å²) in [4.78, 5) is 55.6. The number of aldehydes is 1. The summed E-state index contributed by atoms with van der Waals surface area (Å²) in [5.74, 6) is -1.55. The van der Waals surface area contributed by atoms with Crippen LogP contribution in [0, 0.1) is 11.8 Å². The van der Waals surface area contributed by atoms with Crippen molar-refractivity contribution < 1.29 is 74.2 Å². The van der Waals surface area contributed by atoms with Gasteiger partial charge in [-0.2, -0.15) is 0 Å². The van der Waals surface area contributed by atoms with E-state index in [9.17, 15) is 50.4 Å². The molecule has 334 valence electrons. The van der Waals surface area contributed by atoms with Crippen LogP contribution in [0.3, 0.4) is 0 Å². The Hall–Kier alpha value is -6.10. The van der Waals surface area contributed by atoms with Gasteiger partial charge in [-0.05, 0) is 66.1 Å². The Kier molecular flexibility index (Phi) is 13.3. The molecule has 1 aliphatic heterocycles. The lowest BCUT2D eigenvalue weighted by Crippen LogP contribution is -2.67. The molecule has 7 rings (SSSR count). The number of esters is 1. The molecule has 4 aromatic carbocycles. The number of aromatic hydroxyl groups is 1. The highest BCUT2D eigenvalue weighted by molar-refractivity contribution is 6.32. The molecule has 16 heteroatoms. The van der Waals surface area contributed by atoms with Gasteiger partial charge in [0.15, 0.2) is 24.0 Å². The van der Waals surface area contributed by atoms with Crippen LogP contribution >= 0.6 is 0 Å². The average Bonchev–Trinajstić information content (AvgIpc) is 3.26. The number of phenolic OH excluding ortho intramolecular Hbond substituents is 1. The number of ketones is 2. The van der Waals surface area contributed by atoms with Crippen molar-refractivity contribution in [3.8, 4) is 29.1 Å². The predicted octanol–water partition coefficient (Wildman–Crippen LogP) is 1.75. The molecule has 2 aliphatic carbocycles. The summed E-state index contributed by atoms with van der Waals surface area (Å²) in [6.45, 7) is 1.01. The van der Waals surface area contributed by atoms with Crippen molar-refractivity contribution in [1.29, 1.82) is 0 Å². The minimum Gasteiger partial charge on any atom is -0.507 e. The molecule has 0 saturated carbocycles. The van der Waals surface area contributed by atoms with E-state index in [0.717, 1.165) is 12.5 Å². The zero-order chi connectivity index (χ0) is 46.2. The van der Waals surface area contributed by atoms with E-state index in [1.54, 1.807) is 24.3 Å². The smallest absolute Gasteiger partial charge is 0.308 e. The maximum absolute atomic E-state index is 15.5. The number of carbonyl (C=O) groups excluding carboxylic acids is 4. The summed E-state index contributed by atoms with van der Waals surface area (Å²) in [5.41, 5.74) is 5.87. The highest BCUT2D eigenvalue weighted by Gasteiger charge is 2.55. The molecule has 64 heavy (non-hydrogen) atoms. The molecule has 1 fully saturated rings. The number of carbonyl (C=O) groups is 4. The van der Waals surface area contributed by atoms with Crippen LogP contribution in [0.25, 0.3) is 12.2 Å². The first-order valence-electron chi connectivity index (χ1n) is 20.5. The van der Waals surface area contributed by atoms with Crippen LogP contribution < -0.4 is 15.2 Å². The van der Waals surface area contributed by atoms with Gasteiger partial charge >= 0.3 is 5.97 Å². The molecule has 1 saturated heterocycles. The lowest BCUT2D eigenvalue weighted by Gasteiger charge is -2.44. The van der Waals surface area contributed by atoms with Gasteiger partial charge in [-0.15, -0.1) is 0 Å². The normalized spacial score (nSPS) is 22.7. The van der Waals surface area contributed by atoms with E-state index in [1.807, 2.05) is 6.07 Å². The Morgan fingerprint density at radius 2 is 1.62 bits per heavy atom. The van der Waals surface area contributed by atoms with E-state index in [1.165, 1.54) is 37.3 Å². The Morgan fingerprint density at radius 1 is 0.922 bits per heavy atom. The number of rotatable bonds is 8. The molecular formula is C48H47NO15. The number of nitrogens with two attached hydrogens (primary N) is 1. The highest BCUT2D eigenvalue weighted by atomic mass is 16.7. The second-order valence-corrected chi connectivity index (χ2v) is 16.1. The van der Waals surface area contributed by atoms with Crippen LogP contribution in [0.1, 0.15) is 113 Å². The van der Waals surface area contributed by atoms with Crippen LogP contribution in [0.15, 0.2) is 48.5 Å². The molecule has 16 nitrogen and oxygen atoms in total. The summed E-state index contributed by atoms with van der Waals surface area (Å²) in [6, 6.07) is 12.1. The summed E-state index contributed by atoms with van der Waals surface area (Å²) in [6.07, 6.45) is -5.28. The number of phenols is 1. The predicted molar refractivity (Wildman–Crippen MR) is 227 cm³/mol. The van der Waals surface area contributed by atoms with Gasteiger partial charge in [0.1, 0.15) is 23.4 Å². The molecule has 6 unspecified atom stereocenters. The molecule has 0 aromatic heterocycles. The van der Waals surface area contributed by atoms with Crippen LogP contribution in [0.2, 0.25) is 0 Å². The summed E-state index contributed by atoms with van der Waals surface area (Å²) >= 11 is 0. The van der Waals surface area contributed by atoms with E-state index in [2.05, 4.69) is 11.8 Å². The van der Waals surface area contributed by atoms with Gasteiger partial charge in [0.2, 0.25) is 12.1 Å². The first-order chi connectivity index (χ1) is 30.5. The molecule has 0 spiro atoms. The third kappa shape index (κ3) is 8.61. The van der Waals surface area contributed by atoms with E-state index in [-0.39, 0.29) is 75.1 Å². The molecule has 10 N–H and O–H groups in total. The summed E-state index contributed by atoms with van der Waals surface area (Å²) in [5, 5.41) is 87.6. The van der Waals surface area contributed by atoms with Crippen molar-refractivity contribution in [3.63, 3.8) is 0 Å². The van der Waals surface area contributed by atoms with E-state index in [4.69, 9.17) is 19.9 Å². The monoisotopic (exact) mass is 877 g/mol. The minimum absolute atomic E-state index is 0.0152. The average molecular weight is 878 g/mol. The van der Waals surface area contributed by atoms with Crippen LogP contribution in [0.4, 0.5) is 0 Å². The number of fused-ring (bicyclic) bond motifs is 2. The molecule has 6 atom stereocenters. The lowest BCUT2D eigenvalue weighted by molar-refractivity contribution is -0.371. The molecular weight excluding hydrogens is 831 g/mol. The first kappa shape index (κ1) is 45.9. The van der Waals surface area contributed by atoms with E-state index >= 15 is 9.59 Å². The molecule has 4 bridgehead atoms. The molecule has 3 aliphatic rings. The van der Waals surface area contributed by atoms with Gasteiger partial charge < -0.3 is 60.8 Å². The van der Waals surface area contributed by atoms with Gasteiger partial charge in [-0.3, -0.25) is 19.2 Å². The Labute approximate surface area is 366 Å². The summed E-state index contributed by atoms with van der Waals surface area (Å²) in [7, 11) is 0. The maximum atomic E-state index is 15.5. The number of hydrogen-bond acceptors (Lipinski definition) is 16. The third-order valence-electron chi connectivity index (χ3n) is 11.7. The first-order valence-corrected chi connectivity index (χ1v) is 20.5. The SMILES string of the molecule is CC(=O)Oc1cc(CO)c2c3c1C=Cc1cccc(c1)CC(O)CCC(N)C#CCc1c(OC4OC(C)C(O)C(O)(O)C4O)c(Cc4cccc(CO)c4C=O)c(O)c(c1C3=O)C2=O. The molecule has 0 amide bonds. The van der Waals surface area contributed by atoms with Crippen molar-refractivity contribution in [3.05, 3.63) is 121 Å². The summed E-state index contributed by atoms with van der Waals surface area (Å²) < 4.78 is 17.6. The van der Waals surface area contributed by atoms with Crippen molar-refractivity contribution >= 4 is 36.0 Å². The van der Waals surface area contributed by atoms with Crippen LogP contribution in [-0.2, 0) is 42.0 Å².